The van der Waals surface area contributed by atoms with Crippen LogP contribution >= 0.6 is 0 Å². The number of hydrogen-bond donors (Lipinski definition) is 1. The quantitative estimate of drug-likeness (QED) is 0.320. The fourth-order valence-corrected chi connectivity index (χ4v) is 0.279. The molecule has 0 fully saturated rings. The molecule has 7 heavy (non-hydrogen) atoms. The second-order valence-electron chi connectivity index (χ2n) is 1.27. The molecule has 0 aliphatic carbocycles. The molecule has 0 rings (SSSR count). The second kappa shape index (κ2) is 7.34. The van der Waals surface area contributed by atoms with Crippen LogP contribution in [0.25, 0.3) is 0 Å². The summed E-state index contributed by atoms with van der Waals surface area (Å²) in [6, 6.07) is 0. The van der Waals surface area contributed by atoms with Crippen molar-refractivity contribution in [3.8, 4) is 0 Å². The normalized spacial score (nSPS) is 13.6. The third kappa shape index (κ3) is 11.1. The third-order valence-corrected chi connectivity index (χ3v) is 0.471. The van der Waals surface area contributed by atoms with Gasteiger partial charge in [0.15, 0.2) is 0 Å². The molecule has 0 saturated carbocycles. The van der Waals surface area contributed by atoms with Crippen LogP contribution in [0.3, 0.4) is 0 Å². The van der Waals surface area contributed by atoms with Gasteiger partial charge in [-0.2, -0.15) is 0 Å². The predicted molar refractivity (Wildman–Crippen MR) is 27.6 cm³/mol. The maximum atomic E-state index is 8.47. The molecule has 0 saturated heterocycles. The van der Waals surface area contributed by atoms with Gasteiger partial charge in [-0.3, -0.25) is 0 Å². The average molecular weight is 126 g/mol. The first-order chi connectivity index (χ1) is 2.77. The van der Waals surface area contributed by atoms with E-state index in [1.165, 1.54) is 0 Å². The van der Waals surface area contributed by atoms with Crippen molar-refractivity contribution in [1.82, 2.24) is 0 Å². The first-order valence-corrected chi connectivity index (χ1v) is 2.08. The van der Waals surface area contributed by atoms with E-state index in [0.29, 0.717) is 0 Å². The summed E-state index contributed by atoms with van der Waals surface area (Å²) in [5, 5.41) is 8.47. The van der Waals surface area contributed by atoms with E-state index in [9.17, 15) is 0 Å². The summed E-state index contributed by atoms with van der Waals surface area (Å²) in [5.74, 6) is 0. The minimum absolute atomic E-state index is 0. The van der Waals surface area contributed by atoms with Crippen molar-refractivity contribution in [2.75, 3.05) is 0 Å². The number of aliphatic hydroxyl groups is 1. The van der Waals surface area contributed by atoms with Gasteiger partial charge in [0.2, 0.25) is 0 Å². The van der Waals surface area contributed by atoms with E-state index in [1.54, 1.807) is 13.0 Å². The molecule has 1 nitrogen and oxygen atoms in total. The average Bonchev–Trinajstić information content (AvgIpc) is 1.35. The van der Waals surface area contributed by atoms with Gasteiger partial charge in [-0.05, 0) is 13.8 Å². The molecule has 0 aromatic carbocycles. The second-order valence-corrected chi connectivity index (χ2v) is 1.27. The summed E-state index contributed by atoms with van der Waals surface area (Å²) in [4.78, 5) is 0. The number of hydrogen-bond acceptors (Lipinski definition) is 1. The van der Waals surface area contributed by atoms with Gasteiger partial charge in [0.1, 0.15) is 0 Å². The van der Waals surface area contributed by atoms with Crippen LogP contribution < -0.4 is 51.4 Å². The monoisotopic (exact) mass is 126 g/mol. The van der Waals surface area contributed by atoms with Crippen molar-refractivity contribution in [3.05, 3.63) is 12.2 Å². The van der Waals surface area contributed by atoms with E-state index >= 15 is 0 Å². The molecule has 0 spiro atoms. The largest absolute Gasteiger partial charge is 1.00 e. The summed E-state index contributed by atoms with van der Waals surface area (Å²) >= 11 is 0. The minimum atomic E-state index is -0.282. The molecule has 2 heteroatoms. The topological polar surface area (TPSA) is 20.2 Å². The van der Waals surface area contributed by atoms with E-state index in [4.69, 9.17) is 5.11 Å². The zero-order valence-electron chi connectivity index (χ0n) is 6.18. The molecule has 0 amide bonds. The molecule has 0 radical (unpaired) electrons. The van der Waals surface area contributed by atoms with Crippen molar-refractivity contribution in [3.63, 3.8) is 0 Å². The van der Waals surface area contributed by atoms with E-state index < -0.39 is 0 Å². The van der Waals surface area contributed by atoms with E-state index in [1.807, 2.05) is 13.0 Å². The third-order valence-electron chi connectivity index (χ3n) is 0.471. The number of allylic oxidation sites excluding steroid dienone is 1. The van der Waals surface area contributed by atoms with Gasteiger partial charge >= 0.3 is 51.4 Å². The van der Waals surface area contributed by atoms with Gasteiger partial charge in [0, 0.05) is 0 Å². The van der Waals surface area contributed by atoms with Gasteiger partial charge in [0.25, 0.3) is 0 Å². The Hall–Kier alpha value is 1.34. The van der Waals surface area contributed by atoms with Crippen LogP contribution in [0, 0.1) is 0 Å². The molecule has 0 aromatic rings. The Morgan fingerprint density at radius 3 is 2.14 bits per heavy atom. The fraction of sp³-hybridized carbons (Fsp3) is 0.600. The fourth-order valence-electron chi connectivity index (χ4n) is 0.279. The number of aliphatic hydroxyl groups excluding tert-OH is 1. The van der Waals surface area contributed by atoms with Crippen molar-refractivity contribution >= 4 is 0 Å². The van der Waals surface area contributed by atoms with Gasteiger partial charge in [-0.25, -0.2) is 0 Å². The van der Waals surface area contributed by atoms with Crippen LogP contribution in [0.15, 0.2) is 12.2 Å². The maximum Gasteiger partial charge on any atom is 1.00 e. The maximum absolute atomic E-state index is 8.47. The van der Waals surface area contributed by atoms with E-state index in [2.05, 4.69) is 0 Å². The summed E-state index contributed by atoms with van der Waals surface area (Å²) in [6.07, 6.45) is 3.26. The van der Waals surface area contributed by atoms with Crippen molar-refractivity contribution < 1.29 is 57.9 Å². The Morgan fingerprint density at radius 2 is 2.14 bits per heavy atom. The minimum Gasteiger partial charge on any atom is -1.00 e. The predicted octanol–water partition coefficient (Wildman–Crippen LogP) is -1.94. The van der Waals surface area contributed by atoms with Crippen molar-refractivity contribution in [2.45, 2.75) is 20.0 Å². The Balaban J connectivity index is -0.000000125. The van der Waals surface area contributed by atoms with E-state index in [-0.39, 0.29) is 58.9 Å². The number of rotatable bonds is 1. The zero-order chi connectivity index (χ0) is 4.99. The molecule has 38 valence electrons. The van der Waals surface area contributed by atoms with Crippen LogP contribution in [0.4, 0.5) is 0 Å². The Morgan fingerprint density at radius 1 is 1.71 bits per heavy atom. The zero-order valence-corrected chi connectivity index (χ0v) is 8.30. The molecule has 0 heterocycles. The Labute approximate surface area is 88.7 Å². The summed E-state index contributed by atoms with van der Waals surface area (Å²) in [7, 11) is 0. The summed E-state index contributed by atoms with van der Waals surface area (Å²) in [6.45, 7) is 3.60. The Bertz CT molecular complexity index is 54.4. The van der Waals surface area contributed by atoms with Crippen LogP contribution in [0.5, 0.6) is 0 Å². The molecule has 1 atom stereocenters. The molecular weight excluding hydrogens is 115 g/mol. The van der Waals surface area contributed by atoms with Crippen LogP contribution in [0.2, 0.25) is 0 Å². The summed E-state index contributed by atoms with van der Waals surface area (Å²) in [5.41, 5.74) is 0. The first-order valence-electron chi connectivity index (χ1n) is 2.08. The van der Waals surface area contributed by atoms with E-state index in [0.717, 1.165) is 0 Å². The molecule has 1 unspecified atom stereocenters. The summed E-state index contributed by atoms with van der Waals surface area (Å²) < 4.78 is 0. The van der Waals surface area contributed by atoms with Crippen LogP contribution in [-0.2, 0) is 0 Å². The molecule has 0 aliphatic heterocycles. The smallest absolute Gasteiger partial charge is 1.00 e. The van der Waals surface area contributed by atoms with Gasteiger partial charge in [-0.15, -0.1) is 0 Å². The molecule has 0 bridgehead atoms. The van der Waals surface area contributed by atoms with Crippen LogP contribution in [-0.4, -0.2) is 11.2 Å². The SMILES string of the molecule is CC=CC(C)O.[H-].[K+]. The standard InChI is InChI=1S/C5H10O.K.H/c1-3-4-5(2)6;;/h3-6H,1-2H3;;/q;+1;-1. The Kier molecular flexibility index (Phi) is 11.7. The molecule has 0 aliphatic rings. The first kappa shape index (κ1) is 11.2. The molecular formula is C5H11KO. The molecule has 1 N–H and O–H groups in total. The van der Waals surface area contributed by atoms with Gasteiger partial charge < -0.3 is 6.53 Å². The van der Waals surface area contributed by atoms with Crippen LogP contribution in [0.1, 0.15) is 15.3 Å². The van der Waals surface area contributed by atoms with Crippen molar-refractivity contribution in [2.24, 2.45) is 0 Å². The van der Waals surface area contributed by atoms with Gasteiger partial charge in [0.05, 0.1) is 6.10 Å². The van der Waals surface area contributed by atoms with Crippen molar-refractivity contribution in [1.29, 1.82) is 0 Å². The van der Waals surface area contributed by atoms with Gasteiger partial charge in [-0.1, -0.05) is 12.2 Å². The molecule has 0 aromatic heterocycles.